The van der Waals surface area contributed by atoms with Gasteiger partial charge < -0.3 is 14.8 Å². The first kappa shape index (κ1) is 9.83. The summed E-state index contributed by atoms with van der Waals surface area (Å²) in [6.45, 7) is 2.38. The van der Waals surface area contributed by atoms with Gasteiger partial charge in [-0.15, -0.1) is 0 Å². The molecule has 0 saturated carbocycles. The summed E-state index contributed by atoms with van der Waals surface area (Å²) in [5.74, 6) is 0.821. The molecule has 0 bridgehead atoms. The summed E-state index contributed by atoms with van der Waals surface area (Å²) in [6, 6.07) is 5.74. The highest BCUT2D eigenvalue weighted by Crippen LogP contribution is 2.24. The van der Waals surface area contributed by atoms with E-state index in [1.807, 2.05) is 25.1 Å². The molecule has 1 aromatic carbocycles. The maximum atomic E-state index is 10.9. The minimum Gasteiger partial charge on any atom is -0.497 e. The minimum absolute atomic E-state index is 0.0385. The summed E-state index contributed by atoms with van der Waals surface area (Å²) < 4.78 is 9.97. The van der Waals surface area contributed by atoms with Crippen molar-refractivity contribution in [3.05, 3.63) is 29.3 Å². The average Bonchev–Trinajstić information content (AvgIpc) is 2.64. The molecule has 1 aromatic rings. The van der Waals surface area contributed by atoms with Crippen molar-refractivity contribution in [3.8, 4) is 5.75 Å². The highest BCUT2D eigenvalue weighted by Gasteiger charge is 2.24. The van der Waals surface area contributed by atoms with Gasteiger partial charge in [0.25, 0.3) is 0 Å². The van der Waals surface area contributed by atoms with Crippen LogP contribution in [-0.4, -0.2) is 19.8 Å². The highest BCUT2D eigenvalue weighted by atomic mass is 16.6. The third-order valence-electron chi connectivity index (χ3n) is 2.53. The molecule has 0 spiro atoms. The molecule has 80 valence electrons. The Morgan fingerprint density at radius 3 is 2.87 bits per heavy atom. The van der Waals surface area contributed by atoms with Gasteiger partial charge in [-0.1, -0.05) is 6.07 Å². The Bertz CT molecular complexity index is 389. The average molecular weight is 207 g/mol. The molecule has 0 unspecified atom stereocenters. The van der Waals surface area contributed by atoms with Crippen molar-refractivity contribution < 1.29 is 14.3 Å². The van der Waals surface area contributed by atoms with Gasteiger partial charge in [-0.05, 0) is 30.2 Å². The summed E-state index contributed by atoms with van der Waals surface area (Å²) in [5.41, 5.74) is 2.16. The fourth-order valence-electron chi connectivity index (χ4n) is 1.72. The van der Waals surface area contributed by atoms with E-state index in [1.54, 1.807) is 7.11 Å². The molecule has 1 atom stereocenters. The van der Waals surface area contributed by atoms with E-state index in [-0.39, 0.29) is 12.1 Å². The molecule has 4 heteroatoms. The number of alkyl carbamates (subject to hydrolysis) is 1. The molecule has 1 N–H and O–H groups in total. The lowest BCUT2D eigenvalue weighted by Gasteiger charge is -2.12. The molecule has 1 aliphatic heterocycles. The van der Waals surface area contributed by atoms with Gasteiger partial charge in [0.2, 0.25) is 0 Å². The van der Waals surface area contributed by atoms with Crippen molar-refractivity contribution in [2.24, 2.45) is 0 Å². The van der Waals surface area contributed by atoms with Gasteiger partial charge in [0.05, 0.1) is 13.2 Å². The van der Waals surface area contributed by atoms with E-state index in [0.717, 1.165) is 16.9 Å². The van der Waals surface area contributed by atoms with E-state index in [2.05, 4.69) is 5.32 Å². The lowest BCUT2D eigenvalue weighted by Crippen LogP contribution is -2.19. The first-order valence-electron chi connectivity index (χ1n) is 4.78. The molecule has 4 nitrogen and oxygen atoms in total. The van der Waals surface area contributed by atoms with Gasteiger partial charge in [-0.2, -0.15) is 0 Å². The van der Waals surface area contributed by atoms with E-state index in [1.165, 1.54) is 0 Å². The summed E-state index contributed by atoms with van der Waals surface area (Å²) in [5, 5.41) is 2.75. The molecule has 1 amide bonds. The van der Waals surface area contributed by atoms with Crippen LogP contribution in [0, 0.1) is 6.92 Å². The first-order valence-corrected chi connectivity index (χ1v) is 4.78. The van der Waals surface area contributed by atoms with Gasteiger partial charge in [0.1, 0.15) is 12.4 Å². The Morgan fingerprint density at radius 2 is 2.33 bits per heavy atom. The Balaban J connectivity index is 2.25. The van der Waals surface area contributed by atoms with Crippen LogP contribution in [-0.2, 0) is 4.74 Å². The number of aryl methyl sites for hydroxylation is 1. The van der Waals surface area contributed by atoms with Gasteiger partial charge in [0.15, 0.2) is 0 Å². The maximum absolute atomic E-state index is 10.9. The lowest BCUT2D eigenvalue weighted by molar-refractivity contribution is 0.177. The van der Waals surface area contributed by atoms with Crippen molar-refractivity contribution in [1.82, 2.24) is 5.32 Å². The fraction of sp³-hybridized carbons (Fsp3) is 0.364. The van der Waals surface area contributed by atoms with E-state index >= 15 is 0 Å². The normalized spacial score (nSPS) is 19.6. The number of carbonyl (C=O) groups excluding carboxylic acids is 1. The minimum atomic E-state index is -0.352. The van der Waals surface area contributed by atoms with Gasteiger partial charge >= 0.3 is 6.09 Å². The summed E-state index contributed by atoms with van der Waals surface area (Å²) >= 11 is 0. The van der Waals surface area contributed by atoms with Crippen molar-refractivity contribution in [2.75, 3.05) is 13.7 Å². The second kappa shape index (κ2) is 3.81. The molecule has 0 aliphatic carbocycles. The highest BCUT2D eigenvalue weighted by molar-refractivity contribution is 5.70. The number of methoxy groups -OCH3 is 1. The number of hydrogen-bond donors (Lipinski definition) is 1. The van der Waals surface area contributed by atoms with Crippen LogP contribution in [0.1, 0.15) is 17.2 Å². The molecule has 0 aromatic heterocycles. The van der Waals surface area contributed by atoms with Crippen molar-refractivity contribution >= 4 is 6.09 Å². The van der Waals surface area contributed by atoms with Crippen LogP contribution in [0.5, 0.6) is 5.75 Å². The Hall–Kier alpha value is -1.71. The number of carbonyl (C=O) groups is 1. The second-order valence-electron chi connectivity index (χ2n) is 3.52. The SMILES string of the molecule is COc1ccc([C@@H]2COC(=O)N2)c(C)c1. The van der Waals surface area contributed by atoms with Gasteiger partial charge in [-0.3, -0.25) is 0 Å². The number of cyclic esters (lactones) is 1. The van der Waals surface area contributed by atoms with Crippen LogP contribution >= 0.6 is 0 Å². The van der Waals surface area contributed by atoms with Crippen LogP contribution in [0.3, 0.4) is 0 Å². The maximum Gasteiger partial charge on any atom is 0.407 e. The van der Waals surface area contributed by atoms with E-state index < -0.39 is 0 Å². The number of benzene rings is 1. The van der Waals surface area contributed by atoms with Gasteiger partial charge in [0, 0.05) is 0 Å². The third kappa shape index (κ3) is 1.88. The van der Waals surface area contributed by atoms with Gasteiger partial charge in [-0.25, -0.2) is 4.79 Å². The quantitative estimate of drug-likeness (QED) is 0.804. The van der Waals surface area contributed by atoms with Crippen LogP contribution < -0.4 is 10.1 Å². The van der Waals surface area contributed by atoms with Crippen LogP contribution in [0.4, 0.5) is 4.79 Å². The Kier molecular flexibility index (Phi) is 2.49. The first-order chi connectivity index (χ1) is 7.20. The summed E-state index contributed by atoms with van der Waals surface area (Å²) in [6.07, 6.45) is -0.352. The molecular weight excluding hydrogens is 194 g/mol. The fourth-order valence-corrected chi connectivity index (χ4v) is 1.72. The Labute approximate surface area is 88.2 Å². The number of nitrogens with one attached hydrogen (secondary N) is 1. The summed E-state index contributed by atoms with van der Waals surface area (Å²) in [4.78, 5) is 10.9. The van der Waals surface area contributed by atoms with Crippen molar-refractivity contribution in [3.63, 3.8) is 0 Å². The number of ether oxygens (including phenoxy) is 2. The largest absolute Gasteiger partial charge is 0.497 e. The number of hydrogen-bond acceptors (Lipinski definition) is 3. The molecule has 15 heavy (non-hydrogen) atoms. The topological polar surface area (TPSA) is 47.6 Å². The molecule has 1 aliphatic rings. The Morgan fingerprint density at radius 1 is 1.53 bits per heavy atom. The van der Waals surface area contributed by atoms with Crippen molar-refractivity contribution in [2.45, 2.75) is 13.0 Å². The van der Waals surface area contributed by atoms with Crippen LogP contribution in [0.25, 0.3) is 0 Å². The van der Waals surface area contributed by atoms with E-state index in [9.17, 15) is 4.79 Å². The monoisotopic (exact) mass is 207 g/mol. The zero-order valence-corrected chi connectivity index (χ0v) is 8.74. The van der Waals surface area contributed by atoms with E-state index in [4.69, 9.17) is 9.47 Å². The molecule has 1 saturated heterocycles. The zero-order chi connectivity index (χ0) is 10.8. The predicted molar refractivity (Wildman–Crippen MR) is 55.0 cm³/mol. The molecule has 0 radical (unpaired) electrons. The molecular formula is C11H13NO3. The smallest absolute Gasteiger partial charge is 0.407 e. The second-order valence-corrected chi connectivity index (χ2v) is 3.52. The van der Waals surface area contributed by atoms with Crippen LogP contribution in [0.15, 0.2) is 18.2 Å². The van der Waals surface area contributed by atoms with Crippen molar-refractivity contribution in [1.29, 1.82) is 0 Å². The van der Waals surface area contributed by atoms with Crippen LogP contribution in [0.2, 0.25) is 0 Å². The standard InChI is InChI=1S/C11H13NO3/c1-7-5-8(14-2)3-4-9(7)10-6-15-11(13)12-10/h3-5,10H,6H2,1-2H3,(H,12,13)/t10-/m0/s1. The zero-order valence-electron chi connectivity index (χ0n) is 8.74. The molecule has 2 rings (SSSR count). The number of rotatable bonds is 2. The third-order valence-corrected chi connectivity index (χ3v) is 2.53. The predicted octanol–water partition coefficient (Wildman–Crippen LogP) is 1.78. The van der Waals surface area contributed by atoms with E-state index in [0.29, 0.717) is 6.61 Å². The summed E-state index contributed by atoms with van der Waals surface area (Å²) in [7, 11) is 1.63. The molecule has 1 fully saturated rings. The number of amides is 1. The lowest BCUT2D eigenvalue weighted by atomic mass is 10.0. The molecule has 1 heterocycles.